The van der Waals surface area contributed by atoms with Gasteiger partial charge in [-0.15, -0.1) is 0 Å². The molecule has 0 saturated heterocycles. The molecule has 1 aromatic carbocycles. The molecule has 2 aromatic rings. The quantitative estimate of drug-likeness (QED) is 0.736. The Hall–Kier alpha value is -2.13. The van der Waals surface area contributed by atoms with E-state index in [4.69, 9.17) is 27.9 Å². The Balaban J connectivity index is 1.61. The Morgan fingerprint density at radius 3 is 2.89 bits per heavy atom. The van der Waals surface area contributed by atoms with Crippen LogP contribution in [0.2, 0.25) is 10.2 Å². The Labute approximate surface area is 168 Å². The molecule has 27 heavy (non-hydrogen) atoms. The van der Waals surface area contributed by atoms with Crippen LogP contribution in [0.25, 0.3) is 0 Å². The molecule has 3 rings (SSSR count). The maximum Gasteiger partial charge on any atom is 0.414 e. The average molecular weight is 407 g/mol. The molecule has 1 aliphatic rings. The molecule has 5 nitrogen and oxygen atoms in total. The van der Waals surface area contributed by atoms with Crippen molar-refractivity contribution in [2.24, 2.45) is 7.05 Å². The first-order valence-corrected chi connectivity index (χ1v) is 9.41. The van der Waals surface area contributed by atoms with Crippen LogP contribution in [0.1, 0.15) is 31.2 Å². The number of aliphatic hydroxyl groups is 1. The van der Waals surface area contributed by atoms with Gasteiger partial charge in [0.1, 0.15) is 10.8 Å². The molecule has 7 heteroatoms. The van der Waals surface area contributed by atoms with Crippen molar-refractivity contribution < 1.29 is 14.6 Å². The van der Waals surface area contributed by atoms with Crippen LogP contribution in [0.4, 0.5) is 4.79 Å². The molecule has 0 bridgehead atoms. The number of rotatable bonds is 2. The summed E-state index contributed by atoms with van der Waals surface area (Å²) in [7, 11) is 1.70. The van der Waals surface area contributed by atoms with Crippen molar-refractivity contribution >= 4 is 29.3 Å². The van der Waals surface area contributed by atoms with Gasteiger partial charge in [0.15, 0.2) is 0 Å². The molecule has 1 aromatic heterocycles. The van der Waals surface area contributed by atoms with E-state index in [1.807, 2.05) is 12.1 Å². The fraction of sp³-hybridized carbons (Fsp3) is 0.350. The highest BCUT2D eigenvalue weighted by Crippen LogP contribution is 2.28. The van der Waals surface area contributed by atoms with E-state index in [9.17, 15) is 9.90 Å². The summed E-state index contributed by atoms with van der Waals surface area (Å²) in [5.74, 6) is 6.26. The SMILES string of the molecule is Cn1c(Cl)ccc1OC(=O)N[C@@H]1CCC[C@](O)(C#Cc2cccc(Cl)c2)C1. The molecule has 1 amide bonds. The van der Waals surface area contributed by atoms with Gasteiger partial charge in [-0.2, -0.15) is 0 Å². The summed E-state index contributed by atoms with van der Waals surface area (Å²) in [6, 6.07) is 10.2. The smallest absolute Gasteiger partial charge is 0.393 e. The zero-order valence-corrected chi connectivity index (χ0v) is 16.3. The van der Waals surface area contributed by atoms with E-state index >= 15 is 0 Å². The van der Waals surface area contributed by atoms with Crippen LogP contribution >= 0.6 is 23.2 Å². The van der Waals surface area contributed by atoms with Gasteiger partial charge in [0, 0.05) is 36.2 Å². The van der Waals surface area contributed by atoms with Crippen molar-refractivity contribution in [1.29, 1.82) is 0 Å². The highest BCUT2D eigenvalue weighted by molar-refractivity contribution is 6.30. The monoisotopic (exact) mass is 406 g/mol. The molecular weight excluding hydrogens is 387 g/mol. The molecule has 2 atom stereocenters. The highest BCUT2D eigenvalue weighted by atomic mass is 35.5. The number of nitrogens with one attached hydrogen (secondary N) is 1. The lowest BCUT2D eigenvalue weighted by Gasteiger charge is -2.33. The van der Waals surface area contributed by atoms with Crippen molar-refractivity contribution in [3.8, 4) is 17.7 Å². The van der Waals surface area contributed by atoms with Crippen LogP contribution in [0, 0.1) is 11.8 Å². The first-order chi connectivity index (χ1) is 12.8. The third kappa shape index (κ3) is 5.20. The predicted molar refractivity (Wildman–Crippen MR) is 105 cm³/mol. The van der Waals surface area contributed by atoms with E-state index < -0.39 is 11.7 Å². The van der Waals surface area contributed by atoms with Gasteiger partial charge >= 0.3 is 6.09 Å². The molecule has 142 valence electrons. The van der Waals surface area contributed by atoms with Crippen LogP contribution in [-0.4, -0.2) is 27.4 Å². The second-order valence-corrected chi connectivity index (χ2v) is 7.50. The summed E-state index contributed by atoms with van der Waals surface area (Å²) in [5, 5.41) is 14.7. The van der Waals surface area contributed by atoms with Gasteiger partial charge in [0.05, 0.1) is 0 Å². The Morgan fingerprint density at radius 1 is 1.37 bits per heavy atom. The lowest BCUT2D eigenvalue weighted by Crippen LogP contribution is -2.46. The number of carbonyl (C=O) groups excluding carboxylic acids is 1. The highest BCUT2D eigenvalue weighted by Gasteiger charge is 2.34. The number of hydrogen-bond donors (Lipinski definition) is 2. The van der Waals surface area contributed by atoms with Gasteiger partial charge < -0.3 is 19.7 Å². The minimum Gasteiger partial charge on any atom is -0.393 e. The third-order valence-electron chi connectivity index (χ3n) is 4.52. The Kier molecular flexibility index (Phi) is 6.01. The molecule has 1 aliphatic carbocycles. The van der Waals surface area contributed by atoms with Crippen molar-refractivity contribution in [3.63, 3.8) is 0 Å². The normalized spacial score (nSPS) is 21.9. The van der Waals surface area contributed by atoms with E-state index in [0.29, 0.717) is 28.9 Å². The molecule has 2 N–H and O–H groups in total. The molecule has 0 radical (unpaired) electrons. The summed E-state index contributed by atoms with van der Waals surface area (Å²) in [6.07, 6.45) is 1.82. The van der Waals surface area contributed by atoms with Gasteiger partial charge in [-0.25, -0.2) is 4.79 Å². The number of nitrogens with zero attached hydrogens (tertiary/aromatic N) is 1. The first kappa shape index (κ1) is 19.6. The number of aromatic nitrogens is 1. The number of hydrogen-bond acceptors (Lipinski definition) is 3. The Morgan fingerprint density at radius 2 is 2.19 bits per heavy atom. The lowest BCUT2D eigenvalue weighted by molar-refractivity contribution is 0.0472. The van der Waals surface area contributed by atoms with Gasteiger partial charge in [0.25, 0.3) is 0 Å². The van der Waals surface area contributed by atoms with E-state index in [-0.39, 0.29) is 6.04 Å². The van der Waals surface area contributed by atoms with E-state index in [1.54, 1.807) is 35.9 Å². The number of ether oxygens (including phenoxy) is 1. The third-order valence-corrected chi connectivity index (χ3v) is 5.14. The zero-order valence-electron chi connectivity index (χ0n) is 14.8. The minimum atomic E-state index is -1.16. The fourth-order valence-electron chi connectivity index (χ4n) is 3.11. The van der Waals surface area contributed by atoms with Gasteiger partial charge in [-0.3, -0.25) is 0 Å². The second kappa shape index (κ2) is 8.26. The van der Waals surface area contributed by atoms with Crippen molar-refractivity contribution in [3.05, 3.63) is 52.1 Å². The minimum absolute atomic E-state index is 0.222. The van der Waals surface area contributed by atoms with Crippen LogP contribution in [0.15, 0.2) is 36.4 Å². The molecule has 0 spiro atoms. The van der Waals surface area contributed by atoms with E-state index in [2.05, 4.69) is 17.2 Å². The Bertz CT molecular complexity index is 900. The molecule has 0 aliphatic heterocycles. The van der Waals surface area contributed by atoms with E-state index in [1.165, 1.54) is 0 Å². The maximum absolute atomic E-state index is 12.1. The number of amides is 1. The number of halogens is 2. The average Bonchev–Trinajstić information content (AvgIpc) is 2.92. The van der Waals surface area contributed by atoms with E-state index in [0.717, 1.165) is 18.4 Å². The van der Waals surface area contributed by atoms with Crippen LogP contribution in [0.5, 0.6) is 5.88 Å². The fourth-order valence-corrected chi connectivity index (χ4v) is 3.44. The summed E-state index contributed by atoms with van der Waals surface area (Å²) in [4.78, 5) is 12.1. The topological polar surface area (TPSA) is 63.5 Å². The van der Waals surface area contributed by atoms with Gasteiger partial charge in [-0.1, -0.05) is 41.1 Å². The van der Waals surface area contributed by atoms with Crippen LogP contribution in [0.3, 0.4) is 0 Å². The maximum atomic E-state index is 12.1. The largest absolute Gasteiger partial charge is 0.414 e. The van der Waals surface area contributed by atoms with Crippen molar-refractivity contribution in [2.45, 2.75) is 37.3 Å². The van der Waals surface area contributed by atoms with Crippen molar-refractivity contribution in [1.82, 2.24) is 9.88 Å². The van der Waals surface area contributed by atoms with Crippen LogP contribution in [-0.2, 0) is 7.05 Å². The van der Waals surface area contributed by atoms with Crippen LogP contribution < -0.4 is 10.1 Å². The first-order valence-electron chi connectivity index (χ1n) is 8.65. The second-order valence-electron chi connectivity index (χ2n) is 6.67. The molecule has 0 unspecified atom stereocenters. The summed E-state index contributed by atoms with van der Waals surface area (Å²) < 4.78 is 6.84. The molecular formula is C20H20Cl2N2O3. The predicted octanol–water partition coefficient (Wildman–Crippen LogP) is 4.15. The molecule has 1 heterocycles. The standard InChI is InChI=1S/C20H20Cl2N2O3/c1-24-17(22)7-8-18(24)27-19(25)23-16-6-3-10-20(26,13-16)11-9-14-4-2-5-15(21)12-14/h2,4-5,7-8,12,16,26H,3,6,10,13H2,1H3,(H,23,25)/t16-,20+/m1/s1. The number of carbonyl (C=O) groups is 1. The lowest BCUT2D eigenvalue weighted by atomic mass is 9.82. The van der Waals surface area contributed by atoms with Gasteiger partial charge in [0.2, 0.25) is 5.88 Å². The molecule has 1 saturated carbocycles. The number of benzene rings is 1. The zero-order chi connectivity index (χ0) is 19.4. The summed E-state index contributed by atoms with van der Waals surface area (Å²) in [6.45, 7) is 0. The summed E-state index contributed by atoms with van der Waals surface area (Å²) >= 11 is 11.9. The molecule has 1 fully saturated rings. The van der Waals surface area contributed by atoms with Crippen molar-refractivity contribution in [2.75, 3.05) is 0 Å². The summed E-state index contributed by atoms with van der Waals surface area (Å²) in [5.41, 5.74) is -0.418. The van der Waals surface area contributed by atoms with Gasteiger partial charge in [-0.05, 0) is 43.5 Å².